The topological polar surface area (TPSA) is 94.4 Å². The van der Waals surface area contributed by atoms with E-state index < -0.39 is 41.8 Å². The van der Waals surface area contributed by atoms with Crippen molar-refractivity contribution in [2.45, 2.75) is 12.4 Å². The molecule has 0 spiro atoms. The third kappa shape index (κ3) is 6.43. The van der Waals surface area contributed by atoms with E-state index in [4.69, 9.17) is 4.74 Å². The number of methoxy groups -OCH3 is 1. The third-order valence-corrected chi connectivity index (χ3v) is 5.33. The van der Waals surface area contributed by atoms with Crippen LogP contribution >= 0.6 is 0 Å². The van der Waals surface area contributed by atoms with Crippen molar-refractivity contribution < 1.29 is 45.7 Å². The van der Waals surface area contributed by atoms with E-state index in [9.17, 15) is 36.2 Å². The number of hydrogen-bond donors (Lipinski definition) is 1. The Hall–Kier alpha value is -4.68. The number of carbonyl (C=O) groups excluding carboxylic acids is 1. The van der Waals surface area contributed by atoms with Crippen molar-refractivity contribution in [3.63, 3.8) is 0 Å². The molecule has 1 heterocycles. The minimum absolute atomic E-state index is 0.0238. The summed E-state index contributed by atoms with van der Waals surface area (Å²) in [7, 11) is 1.16. The second kappa shape index (κ2) is 10.6. The van der Waals surface area contributed by atoms with Crippen LogP contribution in [0.2, 0.25) is 0 Å². The van der Waals surface area contributed by atoms with Crippen LogP contribution in [-0.2, 0) is 21.9 Å². The molecule has 0 fully saturated rings. The first-order valence-corrected chi connectivity index (χ1v) is 11.0. The molecular weight excluding hydrogens is 532 g/mol. The highest BCUT2D eigenvalue weighted by atomic mass is 19.4. The van der Waals surface area contributed by atoms with E-state index in [1.165, 1.54) is 24.3 Å². The van der Waals surface area contributed by atoms with Gasteiger partial charge < -0.3 is 14.6 Å². The van der Waals surface area contributed by atoms with Crippen LogP contribution in [0.1, 0.15) is 11.1 Å². The lowest BCUT2D eigenvalue weighted by Gasteiger charge is -2.13. The number of ether oxygens (including phenoxy) is 2. The number of phenolic OH excluding ortho intramolecular Hbond substituents is 1. The average molecular weight is 549 g/mol. The molecule has 0 bridgehead atoms. The fourth-order valence-corrected chi connectivity index (χ4v) is 3.42. The highest BCUT2D eigenvalue weighted by Gasteiger charge is 2.32. The predicted molar refractivity (Wildman–Crippen MR) is 125 cm³/mol. The first-order valence-electron chi connectivity index (χ1n) is 11.0. The Labute approximate surface area is 216 Å². The molecule has 0 unspecified atom stereocenters. The lowest BCUT2D eigenvalue weighted by Crippen LogP contribution is -2.12. The number of esters is 1. The molecule has 0 saturated heterocycles. The summed E-state index contributed by atoms with van der Waals surface area (Å²) < 4.78 is 89.6. The summed E-state index contributed by atoms with van der Waals surface area (Å²) in [5.74, 6) is -1.82. The molecule has 4 rings (SSSR count). The molecule has 0 aliphatic rings. The van der Waals surface area contributed by atoms with Crippen LogP contribution < -0.4 is 4.74 Å². The largest absolute Gasteiger partial charge is 0.507 e. The zero-order valence-corrected chi connectivity index (χ0v) is 19.8. The molecule has 7 nitrogen and oxygen atoms in total. The van der Waals surface area contributed by atoms with Gasteiger partial charge in [-0.15, -0.1) is 0 Å². The summed E-state index contributed by atoms with van der Waals surface area (Å²) in [5, 5.41) is 10.6. The molecule has 0 saturated carbocycles. The van der Waals surface area contributed by atoms with Crippen LogP contribution in [0.4, 0.5) is 26.3 Å². The second-order valence-electron chi connectivity index (χ2n) is 8.01. The maximum atomic E-state index is 13.3. The van der Waals surface area contributed by atoms with Gasteiger partial charge >= 0.3 is 18.3 Å². The van der Waals surface area contributed by atoms with Crippen molar-refractivity contribution in [3.05, 3.63) is 77.9 Å². The van der Waals surface area contributed by atoms with E-state index in [1.807, 2.05) is 0 Å². The number of aromatic hydroxyl groups is 1. The van der Waals surface area contributed by atoms with Crippen LogP contribution in [-0.4, -0.2) is 39.7 Å². The average Bonchev–Trinajstić information content (AvgIpc) is 2.90. The van der Waals surface area contributed by atoms with Gasteiger partial charge in [-0.3, -0.25) is 0 Å². The Kier molecular flexibility index (Phi) is 7.43. The van der Waals surface area contributed by atoms with Gasteiger partial charge in [0.2, 0.25) is 0 Å². The smallest absolute Gasteiger partial charge is 0.416 e. The van der Waals surface area contributed by atoms with Gasteiger partial charge in [0.25, 0.3) is 0 Å². The van der Waals surface area contributed by atoms with Crippen molar-refractivity contribution in [2.24, 2.45) is 0 Å². The fourth-order valence-electron chi connectivity index (χ4n) is 3.42. The Morgan fingerprint density at radius 1 is 0.769 bits per heavy atom. The van der Waals surface area contributed by atoms with Crippen LogP contribution in [0.5, 0.6) is 11.5 Å². The second-order valence-corrected chi connectivity index (χ2v) is 8.01. The molecule has 202 valence electrons. The highest BCUT2D eigenvalue weighted by Crippen LogP contribution is 2.36. The summed E-state index contributed by atoms with van der Waals surface area (Å²) >= 11 is 0. The minimum Gasteiger partial charge on any atom is -0.507 e. The zero-order chi connectivity index (χ0) is 28.4. The summed E-state index contributed by atoms with van der Waals surface area (Å²) in [6, 6.07) is 11.9. The molecule has 1 N–H and O–H groups in total. The highest BCUT2D eigenvalue weighted by molar-refractivity contribution is 5.72. The summed E-state index contributed by atoms with van der Waals surface area (Å²) in [6.07, 6.45) is -9.35. The minimum atomic E-state index is -4.67. The fraction of sp³-hybridized carbons (Fsp3) is 0.154. The Bertz CT molecular complexity index is 1450. The maximum Gasteiger partial charge on any atom is 0.416 e. The van der Waals surface area contributed by atoms with Crippen molar-refractivity contribution in [3.8, 4) is 45.7 Å². The Morgan fingerprint density at radius 2 is 1.28 bits per heavy atom. The molecule has 0 radical (unpaired) electrons. The summed E-state index contributed by atoms with van der Waals surface area (Å²) in [5.41, 5.74) is -2.17. The normalized spacial score (nSPS) is 11.8. The molecular formula is C26H17F6N3O4. The van der Waals surface area contributed by atoms with Crippen LogP contribution in [0.25, 0.3) is 34.2 Å². The van der Waals surface area contributed by atoms with Crippen molar-refractivity contribution in [1.82, 2.24) is 15.0 Å². The van der Waals surface area contributed by atoms with E-state index >= 15 is 0 Å². The standard InChI is InChI=1S/C26H17F6N3O4/c1-38-21(37)13-39-18-8-9-19(20(36)12-18)24-34-22(14-4-2-6-16(10-14)25(27,28)29)33-23(35-24)15-5-3-7-17(11-15)26(30,31)32/h2-12,36H,13H2,1H3. The maximum absolute atomic E-state index is 13.3. The number of hydrogen-bond acceptors (Lipinski definition) is 7. The number of carbonyl (C=O) groups is 1. The van der Waals surface area contributed by atoms with Gasteiger partial charge in [-0.1, -0.05) is 24.3 Å². The first kappa shape index (κ1) is 27.4. The zero-order valence-electron chi connectivity index (χ0n) is 19.8. The van der Waals surface area contributed by atoms with Crippen molar-refractivity contribution in [2.75, 3.05) is 13.7 Å². The molecule has 0 atom stereocenters. The molecule has 0 amide bonds. The van der Waals surface area contributed by atoms with Crippen molar-refractivity contribution >= 4 is 5.97 Å². The third-order valence-electron chi connectivity index (χ3n) is 5.33. The lowest BCUT2D eigenvalue weighted by atomic mass is 10.1. The Morgan fingerprint density at radius 3 is 1.74 bits per heavy atom. The van der Waals surface area contributed by atoms with E-state index in [1.54, 1.807) is 0 Å². The molecule has 39 heavy (non-hydrogen) atoms. The van der Waals surface area contributed by atoms with E-state index in [0.29, 0.717) is 0 Å². The van der Waals surface area contributed by atoms with Gasteiger partial charge in [-0.05, 0) is 36.4 Å². The molecule has 3 aromatic carbocycles. The number of halogens is 6. The molecule has 4 aromatic rings. The van der Waals surface area contributed by atoms with Crippen LogP contribution in [0, 0.1) is 0 Å². The SMILES string of the molecule is COC(=O)COc1ccc(-c2nc(-c3cccc(C(F)(F)F)c3)nc(-c3cccc(C(F)(F)F)c3)n2)c(O)c1. The van der Waals surface area contributed by atoms with Gasteiger partial charge in [-0.2, -0.15) is 26.3 Å². The van der Waals surface area contributed by atoms with E-state index in [0.717, 1.165) is 49.6 Å². The number of phenols is 1. The van der Waals surface area contributed by atoms with Gasteiger partial charge in [0.1, 0.15) is 11.5 Å². The van der Waals surface area contributed by atoms with Gasteiger partial charge in [0, 0.05) is 17.2 Å². The molecule has 0 aliphatic heterocycles. The predicted octanol–water partition coefficient (Wildman–Crippen LogP) is 6.17. The summed E-state index contributed by atoms with van der Waals surface area (Å²) in [6.45, 7) is -0.444. The van der Waals surface area contributed by atoms with Crippen LogP contribution in [0.15, 0.2) is 66.7 Å². The van der Waals surface area contributed by atoms with Gasteiger partial charge in [-0.25, -0.2) is 19.7 Å². The van der Waals surface area contributed by atoms with Crippen LogP contribution in [0.3, 0.4) is 0 Å². The number of alkyl halides is 6. The quantitative estimate of drug-likeness (QED) is 0.227. The first-order chi connectivity index (χ1) is 18.3. The summed E-state index contributed by atoms with van der Waals surface area (Å²) in [4.78, 5) is 23.8. The lowest BCUT2D eigenvalue weighted by molar-refractivity contribution is -0.143. The number of benzene rings is 3. The Balaban J connectivity index is 1.85. The molecule has 1 aromatic heterocycles. The number of rotatable bonds is 6. The van der Waals surface area contributed by atoms with Gasteiger partial charge in [0.15, 0.2) is 24.1 Å². The monoisotopic (exact) mass is 549 g/mol. The van der Waals surface area contributed by atoms with Crippen molar-refractivity contribution in [1.29, 1.82) is 0 Å². The molecule has 0 aliphatic carbocycles. The van der Waals surface area contributed by atoms with E-state index in [-0.39, 0.29) is 39.9 Å². The van der Waals surface area contributed by atoms with E-state index in [2.05, 4.69) is 19.7 Å². The number of aromatic nitrogens is 3. The molecule has 13 heteroatoms. The number of nitrogens with zero attached hydrogens (tertiary/aromatic N) is 3. The van der Waals surface area contributed by atoms with Gasteiger partial charge in [0.05, 0.1) is 23.8 Å².